The van der Waals surface area contributed by atoms with Crippen LogP contribution in [0.5, 0.6) is 0 Å². The molecule has 5 heterocycles. The Bertz CT molecular complexity index is 710. The van der Waals surface area contributed by atoms with Crippen molar-refractivity contribution in [2.24, 2.45) is 0 Å². The minimum absolute atomic E-state index is 0.330. The van der Waals surface area contributed by atoms with Crippen molar-refractivity contribution in [2.45, 2.75) is 56.8 Å². The fourth-order valence-corrected chi connectivity index (χ4v) is 4.90. The summed E-state index contributed by atoms with van der Waals surface area (Å²) in [6, 6.07) is 4.50. The number of aromatic nitrogens is 4. The summed E-state index contributed by atoms with van der Waals surface area (Å²) >= 11 is 0. The van der Waals surface area contributed by atoms with Gasteiger partial charge in [0, 0.05) is 31.5 Å². The van der Waals surface area contributed by atoms with Crippen molar-refractivity contribution in [1.29, 1.82) is 0 Å². The molecule has 3 atom stereocenters. The van der Waals surface area contributed by atoms with Crippen LogP contribution in [-0.2, 0) is 4.74 Å². The number of fused-ring (bicyclic) bond motifs is 2. The van der Waals surface area contributed by atoms with Crippen LogP contribution in [0, 0.1) is 6.92 Å². The van der Waals surface area contributed by atoms with Gasteiger partial charge in [0.05, 0.1) is 31.3 Å². The van der Waals surface area contributed by atoms with Gasteiger partial charge in [-0.25, -0.2) is 0 Å². The van der Waals surface area contributed by atoms with E-state index in [9.17, 15) is 0 Å². The highest BCUT2D eigenvalue weighted by Crippen LogP contribution is 2.35. The van der Waals surface area contributed by atoms with Gasteiger partial charge < -0.3 is 19.1 Å². The third-order valence-corrected chi connectivity index (χ3v) is 6.15. The lowest BCUT2D eigenvalue weighted by Gasteiger charge is -2.50. The van der Waals surface area contributed by atoms with Crippen molar-refractivity contribution < 1.29 is 9.26 Å². The second kappa shape index (κ2) is 6.66. The molecule has 26 heavy (non-hydrogen) atoms. The van der Waals surface area contributed by atoms with Gasteiger partial charge in [0.15, 0.2) is 5.82 Å². The lowest BCUT2D eigenvalue weighted by atomic mass is 9.88. The molecule has 8 nitrogen and oxygen atoms in total. The average molecular weight is 358 g/mol. The summed E-state index contributed by atoms with van der Waals surface area (Å²) in [5, 5.41) is 8.39. The Balaban J connectivity index is 1.25. The molecule has 0 N–H and O–H groups in total. The minimum Gasteiger partial charge on any atom is -0.377 e. The normalized spacial score (nSPS) is 30.7. The molecule has 2 aromatic heterocycles. The second-order valence-corrected chi connectivity index (χ2v) is 7.75. The van der Waals surface area contributed by atoms with Crippen molar-refractivity contribution in [3.8, 4) is 0 Å². The zero-order valence-electron chi connectivity index (χ0n) is 15.2. The highest BCUT2D eigenvalue weighted by atomic mass is 16.5. The first kappa shape index (κ1) is 16.3. The zero-order valence-corrected chi connectivity index (χ0v) is 15.2. The standard InChI is InChI=1S/C18H26N6O2/c1-13-20-18(26-21-13)24-16-9-15(10-17(24)12-25-11-16)22-7-3-14(4-8-22)23-6-2-5-19-23/h2,5-6,14-17H,3-4,7-12H2,1H3/t15?,16-,17?/m0/s1. The molecule has 0 spiro atoms. The van der Waals surface area contributed by atoms with Crippen molar-refractivity contribution >= 4 is 6.01 Å². The van der Waals surface area contributed by atoms with Crippen LogP contribution in [0.1, 0.15) is 37.5 Å². The molecule has 0 radical (unpaired) electrons. The van der Waals surface area contributed by atoms with E-state index in [1.165, 1.54) is 12.8 Å². The Morgan fingerprint density at radius 3 is 2.42 bits per heavy atom. The highest BCUT2D eigenvalue weighted by molar-refractivity contribution is 5.33. The summed E-state index contributed by atoms with van der Waals surface area (Å²) in [5.74, 6) is 0.696. The average Bonchev–Trinajstić information content (AvgIpc) is 3.32. The number of rotatable bonds is 3. The number of hydrogen-bond donors (Lipinski definition) is 0. The number of ether oxygens (including phenoxy) is 1. The Hall–Kier alpha value is -1.93. The maximum atomic E-state index is 5.84. The first-order valence-electron chi connectivity index (χ1n) is 9.67. The quantitative estimate of drug-likeness (QED) is 0.826. The van der Waals surface area contributed by atoms with Crippen molar-refractivity contribution in [3.63, 3.8) is 0 Å². The lowest BCUT2D eigenvalue weighted by molar-refractivity contribution is 0.00427. The zero-order chi connectivity index (χ0) is 17.5. The largest absolute Gasteiger partial charge is 0.377 e. The van der Waals surface area contributed by atoms with Crippen LogP contribution in [-0.4, -0.2) is 69.2 Å². The van der Waals surface area contributed by atoms with E-state index in [1.54, 1.807) is 0 Å². The smallest absolute Gasteiger partial charge is 0.324 e. The predicted molar refractivity (Wildman–Crippen MR) is 95.0 cm³/mol. The third kappa shape index (κ3) is 2.91. The Labute approximate surface area is 153 Å². The molecule has 3 aliphatic heterocycles. The van der Waals surface area contributed by atoms with Crippen molar-refractivity contribution in [1.82, 2.24) is 24.8 Å². The van der Waals surface area contributed by atoms with Gasteiger partial charge >= 0.3 is 6.01 Å². The van der Waals surface area contributed by atoms with Gasteiger partial charge in [-0.15, -0.1) is 0 Å². The molecule has 0 saturated carbocycles. The summed E-state index contributed by atoms with van der Waals surface area (Å²) in [6.45, 7) is 5.66. The van der Waals surface area contributed by atoms with Crippen LogP contribution < -0.4 is 4.90 Å². The number of morpholine rings is 1. The minimum atomic E-state index is 0.330. The van der Waals surface area contributed by atoms with Gasteiger partial charge in [0.1, 0.15) is 0 Å². The molecule has 0 aromatic carbocycles. The van der Waals surface area contributed by atoms with E-state index >= 15 is 0 Å². The molecule has 3 fully saturated rings. The predicted octanol–water partition coefficient (Wildman–Crippen LogP) is 1.65. The molecular formula is C18H26N6O2. The van der Waals surface area contributed by atoms with Crippen LogP contribution in [0.4, 0.5) is 6.01 Å². The van der Waals surface area contributed by atoms with Gasteiger partial charge in [-0.05, 0) is 38.7 Å². The van der Waals surface area contributed by atoms with Crippen molar-refractivity contribution in [3.05, 3.63) is 24.3 Å². The summed E-state index contributed by atoms with van der Waals surface area (Å²) in [6.07, 6.45) is 8.53. The number of anilines is 1. The molecule has 2 aromatic rings. The maximum Gasteiger partial charge on any atom is 0.324 e. The number of aryl methyl sites for hydroxylation is 1. The number of piperidine rings is 2. The fourth-order valence-electron chi connectivity index (χ4n) is 4.90. The number of nitrogens with zero attached hydrogens (tertiary/aromatic N) is 6. The fraction of sp³-hybridized carbons (Fsp3) is 0.722. The van der Waals surface area contributed by atoms with E-state index in [0.29, 0.717) is 36.0 Å². The summed E-state index contributed by atoms with van der Waals surface area (Å²) < 4.78 is 13.4. The van der Waals surface area contributed by atoms with E-state index in [1.807, 2.05) is 19.2 Å². The Morgan fingerprint density at radius 1 is 1.04 bits per heavy atom. The summed E-state index contributed by atoms with van der Waals surface area (Å²) in [5.41, 5.74) is 0. The molecular weight excluding hydrogens is 332 g/mol. The topological polar surface area (TPSA) is 72.5 Å². The van der Waals surface area contributed by atoms with Crippen LogP contribution in [0.2, 0.25) is 0 Å². The summed E-state index contributed by atoms with van der Waals surface area (Å²) in [7, 11) is 0. The summed E-state index contributed by atoms with van der Waals surface area (Å²) in [4.78, 5) is 9.46. The van der Waals surface area contributed by atoms with E-state index in [2.05, 4.69) is 35.9 Å². The maximum absolute atomic E-state index is 5.84. The van der Waals surface area contributed by atoms with Crippen LogP contribution in [0.3, 0.4) is 0 Å². The molecule has 8 heteroatoms. The number of likely N-dealkylation sites (tertiary alicyclic amines) is 1. The molecule has 140 valence electrons. The van der Waals surface area contributed by atoms with Crippen LogP contribution in [0.15, 0.2) is 23.0 Å². The highest BCUT2D eigenvalue weighted by Gasteiger charge is 2.43. The van der Waals surface area contributed by atoms with Gasteiger partial charge in [0.2, 0.25) is 0 Å². The van der Waals surface area contributed by atoms with Gasteiger partial charge in [0.25, 0.3) is 0 Å². The van der Waals surface area contributed by atoms with E-state index in [4.69, 9.17) is 9.26 Å². The SMILES string of the molecule is Cc1noc(N2C3COC[C@@H]2CC(N2CCC(n4cccn4)CC2)C3)n1. The second-order valence-electron chi connectivity index (χ2n) is 7.75. The Morgan fingerprint density at radius 2 is 1.81 bits per heavy atom. The monoisotopic (exact) mass is 358 g/mol. The molecule has 5 rings (SSSR count). The third-order valence-electron chi connectivity index (χ3n) is 6.15. The molecule has 0 amide bonds. The van der Waals surface area contributed by atoms with E-state index < -0.39 is 0 Å². The van der Waals surface area contributed by atoms with Gasteiger partial charge in [-0.1, -0.05) is 5.16 Å². The first-order valence-corrected chi connectivity index (χ1v) is 9.67. The van der Waals surface area contributed by atoms with E-state index in [0.717, 1.165) is 39.1 Å². The Kier molecular flexibility index (Phi) is 4.17. The van der Waals surface area contributed by atoms with Gasteiger partial charge in [-0.2, -0.15) is 10.1 Å². The molecule has 3 saturated heterocycles. The van der Waals surface area contributed by atoms with Crippen LogP contribution in [0.25, 0.3) is 0 Å². The van der Waals surface area contributed by atoms with E-state index in [-0.39, 0.29) is 0 Å². The van der Waals surface area contributed by atoms with Gasteiger partial charge in [-0.3, -0.25) is 4.68 Å². The van der Waals surface area contributed by atoms with Crippen LogP contribution >= 0.6 is 0 Å². The number of hydrogen-bond acceptors (Lipinski definition) is 7. The van der Waals surface area contributed by atoms with Crippen molar-refractivity contribution in [2.75, 3.05) is 31.2 Å². The lowest BCUT2D eigenvalue weighted by Crippen LogP contribution is -2.61. The molecule has 2 unspecified atom stereocenters. The molecule has 3 aliphatic rings. The molecule has 0 aliphatic carbocycles. The first-order chi connectivity index (χ1) is 12.8. The molecule has 2 bridgehead atoms.